The molecule has 0 fully saturated rings. The van der Waals surface area contributed by atoms with Crippen molar-refractivity contribution in [2.45, 2.75) is 26.2 Å². The number of ether oxygens (including phenoxy) is 1. The molecule has 0 unspecified atom stereocenters. The van der Waals surface area contributed by atoms with Gasteiger partial charge in [-0.15, -0.1) is 0 Å². The molecule has 1 N–H and O–H groups in total. The Labute approximate surface area is 192 Å². The van der Waals surface area contributed by atoms with Crippen LogP contribution in [0.15, 0.2) is 54.3 Å². The van der Waals surface area contributed by atoms with Crippen LogP contribution in [0.2, 0.25) is 5.02 Å². The van der Waals surface area contributed by atoms with Gasteiger partial charge in [0.15, 0.2) is 11.5 Å². The molecule has 0 aliphatic carbocycles. The number of unbranched alkanes of at least 4 members (excludes halogenated alkanes) is 1. The molecule has 31 heavy (non-hydrogen) atoms. The zero-order chi connectivity index (χ0) is 22.1. The number of anilines is 1. The van der Waals surface area contributed by atoms with Crippen LogP contribution in [-0.2, 0) is 9.59 Å². The van der Waals surface area contributed by atoms with Crippen LogP contribution in [0.3, 0.4) is 0 Å². The van der Waals surface area contributed by atoms with Crippen molar-refractivity contribution in [2.24, 2.45) is 0 Å². The molecule has 5 nitrogen and oxygen atoms in total. The number of hydrogen-bond acceptors (Lipinski definition) is 4. The van der Waals surface area contributed by atoms with Crippen molar-refractivity contribution in [1.29, 1.82) is 0 Å². The molecule has 1 heterocycles. The predicted molar refractivity (Wildman–Crippen MR) is 129 cm³/mol. The fourth-order valence-corrected chi connectivity index (χ4v) is 4.36. The lowest BCUT2D eigenvalue weighted by atomic mass is 10.1. The fourth-order valence-electron chi connectivity index (χ4n) is 3.12. The monoisotopic (exact) mass is 458 g/mol. The molecule has 2 aromatic carbocycles. The predicted octanol–water partition coefficient (Wildman–Crippen LogP) is 5.15. The summed E-state index contributed by atoms with van der Waals surface area (Å²) < 4.78 is 5.84. The van der Waals surface area contributed by atoms with Crippen LogP contribution in [0.4, 0.5) is 5.69 Å². The molecule has 0 saturated carbocycles. The van der Waals surface area contributed by atoms with Gasteiger partial charge in [0.05, 0.1) is 5.69 Å². The van der Waals surface area contributed by atoms with Crippen molar-refractivity contribution in [3.8, 4) is 5.75 Å². The number of carbonyl (C=O) groups excluding carboxylic acids is 2. The molecule has 0 aromatic heterocycles. The number of benzene rings is 2. The minimum absolute atomic E-state index is 0.0604. The first-order chi connectivity index (χ1) is 15.1. The molecule has 7 heteroatoms. The maximum absolute atomic E-state index is 13.1. The maximum Gasteiger partial charge on any atom is 0.294 e. The number of nitrogens with zero attached hydrogens (tertiary/aromatic N) is 1. The summed E-state index contributed by atoms with van der Waals surface area (Å²) in [7, 11) is 0. The van der Waals surface area contributed by atoms with E-state index in [1.165, 1.54) is 17.7 Å². The van der Waals surface area contributed by atoms with E-state index in [9.17, 15) is 9.59 Å². The number of carbonyl (C=O) groups is 2. The number of thioether (sulfide) groups is 1. The smallest absolute Gasteiger partial charge is 0.294 e. The molecular weight excluding hydrogens is 432 g/mol. The second-order valence-electron chi connectivity index (χ2n) is 7.19. The van der Waals surface area contributed by atoms with E-state index in [1.807, 2.05) is 36.0 Å². The molecule has 1 aliphatic rings. The van der Waals surface area contributed by atoms with Gasteiger partial charge in [0.1, 0.15) is 6.54 Å². The zero-order valence-corrected chi connectivity index (χ0v) is 19.2. The maximum atomic E-state index is 13.1. The van der Waals surface area contributed by atoms with E-state index in [2.05, 4.69) is 12.2 Å². The zero-order valence-electron chi connectivity index (χ0n) is 17.6. The normalized spacial score (nSPS) is 14.3. The summed E-state index contributed by atoms with van der Waals surface area (Å²) in [5, 5.41) is 3.49. The Bertz CT molecular complexity index is 948. The minimum Gasteiger partial charge on any atom is -0.449 e. The van der Waals surface area contributed by atoms with E-state index in [0.29, 0.717) is 23.0 Å². The van der Waals surface area contributed by atoms with Gasteiger partial charge in [-0.25, -0.2) is 0 Å². The minimum atomic E-state index is -0.357. The topological polar surface area (TPSA) is 58.6 Å². The molecule has 3 rings (SSSR count). The fraction of sp³-hybridized carbons (Fsp3) is 0.333. The number of rotatable bonds is 10. The van der Waals surface area contributed by atoms with Gasteiger partial charge in [-0.1, -0.05) is 49.2 Å². The summed E-state index contributed by atoms with van der Waals surface area (Å²) in [4.78, 5) is 27.1. The molecule has 0 bridgehead atoms. The second-order valence-corrected chi connectivity index (χ2v) is 8.86. The molecule has 0 radical (unpaired) electrons. The van der Waals surface area contributed by atoms with E-state index in [4.69, 9.17) is 16.3 Å². The molecule has 1 aliphatic heterocycles. The van der Waals surface area contributed by atoms with Gasteiger partial charge in [-0.3, -0.25) is 14.5 Å². The van der Waals surface area contributed by atoms with Crippen LogP contribution >= 0.6 is 23.4 Å². The number of halogens is 1. The van der Waals surface area contributed by atoms with Crippen molar-refractivity contribution in [3.63, 3.8) is 0 Å². The summed E-state index contributed by atoms with van der Waals surface area (Å²) >= 11 is 7.96. The Balaban J connectivity index is 1.66. The Morgan fingerprint density at radius 3 is 2.77 bits per heavy atom. The Morgan fingerprint density at radius 2 is 1.97 bits per heavy atom. The van der Waals surface area contributed by atoms with Crippen LogP contribution in [0.5, 0.6) is 5.75 Å². The molecule has 2 amide bonds. The summed E-state index contributed by atoms with van der Waals surface area (Å²) in [5.74, 6) is 2.32. The van der Waals surface area contributed by atoms with Crippen LogP contribution < -0.4 is 15.0 Å². The van der Waals surface area contributed by atoms with Crippen molar-refractivity contribution in [2.75, 3.05) is 29.5 Å². The third-order valence-corrected chi connectivity index (χ3v) is 6.10. The van der Waals surface area contributed by atoms with Crippen LogP contribution in [0, 0.1) is 0 Å². The Hall–Kier alpha value is -2.44. The average molecular weight is 459 g/mol. The van der Waals surface area contributed by atoms with Gasteiger partial charge < -0.3 is 10.1 Å². The number of para-hydroxylation sites is 2. The molecule has 0 spiro atoms. The SMILES string of the molecule is CCCCSCCCNC(=O)CN1C(=O)/C(=C\c2cccc(Cl)c2)Oc2ccccc21. The van der Waals surface area contributed by atoms with Crippen molar-refractivity contribution in [1.82, 2.24) is 5.32 Å². The lowest BCUT2D eigenvalue weighted by molar-refractivity contribution is -0.123. The number of fused-ring (bicyclic) bond motifs is 1. The van der Waals surface area contributed by atoms with E-state index >= 15 is 0 Å². The highest BCUT2D eigenvalue weighted by molar-refractivity contribution is 7.99. The van der Waals surface area contributed by atoms with Crippen LogP contribution in [-0.4, -0.2) is 36.4 Å². The van der Waals surface area contributed by atoms with Crippen molar-refractivity contribution in [3.05, 3.63) is 64.9 Å². The van der Waals surface area contributed by atoms with Gasteiger partial charge in [-0.2, -0.15) is 11.8 Å². The van der Waals surface area contributed by atoms with E-state index < -0.39 is 0 Å². The summed E-state index contributed by atoms with van der Waals surface area (Å²) in [6, 6.07) is 14.4. The summed E-state index contributed by atoms with van der Waals surface area (Å²) in [6.07, 6.45) is 4.98. The third-order valence-electron chi connectivity index (χ3n) is 4.71. The van der Waals surface area contributed by atoms with E-state index in [1.54, 1.807) is 30.3 Å². The first kappa shape index (κ1) is 23.2. The molecule has 0 atom stereocenters. The number of amides is 2. The van der Waals surface area contributed by atoms with Gasteiger partial charge in [0, 0.05) is 11.6 Å². The van der Waals surface area contributed by atoms with E-state index in [-0.39, 0.29) is 24.1 Å². The summed E-state index contributed by atoms with van der Waals surface area (Å²) in [5.41, 5.74) is 1.33. The van der Waals surface area contributed by atoms with Gasteiger partial charge in [0.25, 0.3) is 5.91 Å². The molecule has 164 valence electrons. The van der Waals surface area contributed by atoms with E-state index in [0.717, 1.165) is 23.5 Å². The molecular formula is C24H27ClN2O3S. The molecule has 0 saturated heterocycles. The van der Waals surface area contributed by atoms with Crippen LogP contribution in [0.25, 0.3) is 6.08 Å². The second kappa shape index (κ2) is 11.8. The first-order valence-electron chi connectivity index (χ1n) is 10.5. The van der Waals surface area contributed by atoms with Crippen molar-refractivity contribution >= 4 is 46.9 Å². The van der Waals surface area contributed by atoms with Crippen molar-refractivity contribution < 1.29 is 14.3 Å². The Kier molecular flexibility index (Phi) is 8.85. The first-order valence-corrected chi connectivity index (χ1v) is 12.0. The highest BCUT2D eigenvalue weighted by Gasteiger charge is 2.31. The number of nitrogens with one attached hydrogen (secondary N) is 1. The average Bonchev–Trinajstić information content (AvgIpc) is 2.76. The van der Waals surface area contributed by atoms with Gasteiger partial charge in [-0.05, 0) is 60.3 Å². The third kappa shape index (κ3) is 6.77. The lowest BCUT2D eigenvalue weighted by Crippen LogP contribution is -2.44. The number of hydrogen-bond donors (Lipinski definition) is 1. The largest absolute Gasteiger partial charge is 0.449 e. The van der Waals surface area contributed by atoms with Gasteiger partial charge >= 0.3 is 0 Å². The van der Waals surface area contributed by atoms with Crippen LogP contribution in [0.1, 0.15) is 31.7 Å². The Morgan fingerprint density at radius 1 is 1.16 bits per heavy atom. The lowest BCUT2D eigenvalue weighted by Gasteiger charge is -2.30. The highest BCUT2D eigenvalue weighted by Crippen LogP contribution is 2.35. The summed E-state index contributed by atoms with van der Waals surface area (Å²) in [6.45, 7) is 2.72. The standard InChI is InChI=1S/C24H27ClN2O3S/c1-2-3-13-31-14-7-12-26-23(28)17-27-20-10-4-5-11-21(20)30-22(24(27)29)16-18-8-6-9-19(25)15-18/h4-6,8-11,15-16H,2-3,7,12-14,17H2,1H3,(H,26,28)/b22-16+. The quantitative estimate of drug-likeness (QED) is 0.395. The van der Waals surface area contributed by atoms with Gasteiger partial charge in [0.2, 0.25) is 5.91 Å². The highest BCUT2D eigenvalue weighted by atomic mass is 35.5. The molecule has 2 aromatic rings.